The summed E-state index contributed by atoms with van der Waals surface area (Å²) in [5.74, 6) is -0.423. The van der Waals surface area contributed by atoms with Crippen LogP contribution in [0.1, 0.15) is 32.3 Å². The van der Waals surface area contributed by atoms with E-state index in [1.165, 1.54) is 12.4 Å². The number of pyridine rings is 1. The maximum absolute atomic E-state index is 13.5. The molecule has 8 heteroatoms. The molecule has 2 saturated heterocycles. The van der Waals surface area contributed by atoms with Crippen molar-refractivity contribution in [1.29, 1.82) is 0 Å². The number of halogens is 1. The summed E-state index contributed by atoms with van der Waals surface area (Å²) >= 11 is 0. The average Bonchev–Trinajstić information content (AvgIpc) is 3.08. The van der Waals surface area contributed by atoms with Crippen molar-refractivity contribution in [1.82, 2.24) is 15.6 Å². The zero-order chi connectivity index (χ0) is 18.7. The molecule has 1 aromatic rings. The molecule has 3 N–H and O–H groups in total. The van der Waals surface area contributed by atoms with Crippen LogP contribution in [0.3, 0.4) is 0 Å². The third-order valence-electron chi connectivity index (χ3n) is 4.66. The zero-order valence-corrected chi connectivity index (χ0v) is 15.0. The number of nitrogens with one attached hydrogen (secondary N) is 2. The fraction of sp³-hybridized carbons (Fsp3) is 0.667. The monoisotopic (exact) mass is 367 g/mol. The highest BCUT2D eigenvalue weighted by Gasteiger charge is 2.50. The molecule has 26 heavy (non-hydrogen) atoms. The first-order chi connectivity index (χ1) is 12.4. The molecule has 5 atom stereocenters. The molecule has 1 amide bonds. The summed E-state index contributed by atoms with van der Waals surface area (Å²) in [6, 6.07) is 1.70. The smallest absolute Gasteiger partial charge is 0.222 e. The van der Waals surface area contributed by atoms with Gasteiger partial charge in [0.1, 0.15) is 18.0 Å². The number of hydrogen-bond donors (Lipinski definition) is 3. The van der Waals surface area contributed by atoms with Gasteiger partial charge in [-0.15, -0.1) is 0 Å². The van der Waals surface area contributed by atoms with Crippen molar-refractivity contribution in [2.24, 2.45) is 0 Å². The molecule has 1 aromatic heterocycles. The largest absolute Gasteiger partial charge is 0.388 e. The summed E-state index contributed by atoms with van der Waals surface area (Å²) in [4.78, 5) is 15.6. The fourth-order valence-electron chi connectivity index (χ4n) is 3.49. The van der Waals surface area contributed by atoms with E-state index in [4.69, 9.17) is 9.47 Å². The van der Waals surface area contributed by atoms with Crippen LogP contribution in [0.4, 0.5) is 4.39 Å². The molecular weight excluding hydrogens is 341 g/mol. The van der Waals surface area contributed by atoms with E-state index >= 15 is 0 Å². The quantitative estimate of drug-likeness (QED) is 0.650. The fourth-order valence-corrected chi connectivity index (χ4v) is 3.49. The van der Waals surface area contributed by atoms with Gasteiger partial charge in [0.25, 0.3) is 0 Å². The van der Waals surface area contributed by atoms with Crippen molar-refractivity contribution >= 4 is 5.91 Å². The number of rotatable bonds is 7. The Morgan fingerprint density at radius 1 is 1.46 bits per heavy atom. The minimum atomic E-state index is -0.770. The van der Waals surface area contributed by atoms with Gasteiger partial charge in [0.2, 0.25) is 5.91 Å². The van der Waals surface area contributed by atoms with Gasteiger partial charge in [-0.05, 0) is 19.9 Å². The summed E-state index contributed by atoms with van der Waals surface area (Å²) in [6.45, 7) is 4.53. The van der Waals surface area contributed by atoms with Gasteiger partial charge >= 0.3 is 0 Å². The molecule has 2 aliphatic rings. The number of amides is 1. The molecular formula is C18H26FN3O4. The molecule has 3 heterocycles. The standard InChI is InChI=1S/C18H26FN3O4/c1-10(2)22-16(23)6-12-5-14-18(25-12)17(24)15(26-14)9-21-7-11-3-4-20-8-13(11)19/h3-4,8,10,12,14-15,17-18,21,24H,5-7,9H2,1-2H3,(H,22,23)/t12-,14+,15+,17+,18-/m0/s1. The first kappa shape index (κ1) is 19.2. The highest BCUT2D eigenvalue weighted by atomic mass is 19.1. The lowest BCUT2D eigenvalue weighted by Gasteiger charge is -2.20. The van der Waals surface area contributed by atoms with Crippen LogP contribution in [-0.2, 0) is 20.8 Å². The third-order valence-corrected chi connectivity index (χ3v) is 4.66. The van der Waals surface area contributed by atoms with Crippen LogP contribution in [0.5, 0.6) is 0 Å². The highest BCUT2D eigenvalue weighted by molar-refractivity contribution is 5.76. The molecule has 3 rings (SSSR count). The second kappa shape index (κ2) is 8.39. The van der Waals surface area contributed by atoms with Gasteiger partial charge in [0, 0.05) is 37.3 Å². The second-order valence-electron chi connectivity index (χ2n) is 7.19. The number of fused-ring (bicyclic) bond motifs is 1. The van der Waals surface area contributed by atoms with E-state index in [2.05, 4.69) is 15.6 Å². The van der Waals surface area contributed by atoms with E-state index in [0.29, 0.717) is 25.1 Å². The summed E-state index contributed by atoms with van der Waals surface area (Å²) in [5.41, 5.74) is 0.514. The molecule has 0 aliphatic carbocycles. The predicted octanol–water partition coefficient (Wildman–Crippen LogP) is 0.511. The van der Waals surface area contributed by atoms with Gasteiger partial charge in [-0.3, -0.25) is 9.78 Å². The van der Waals surface area contributed by atoms with E-state index in [9.17, 15) is 14.3 Å². The van der Waals surface area contributed by atoms with Crippen molar-refractivity contribution in [2.75, 3.05) is 6.54 Å². The second-order valence-corrected chi connectivity index (χ2v) is 7.19. The number of carbonyl (C=O) groups excluding carboxylic acids is 1. The van der Waals surface area contributed by atoms with Crippen molar-refractivity contribution in [2.45, 2.75) is 69.8 Å². The van der Waals surface area contributed by atoms with Crippen LogP contribution >= 0.6 is 0 Å². The van der Waals surface area contributed by atoms with Crippen LogP contribution in [0.15, 0.2) is 18.5 Å². The van der Waals surface area contributed by atoms with E-state index in [1.54, 1.807) is 6.07 Å². The van der Waals surface area contributed by atoms with Crippen LogP contribution in [0.2, 0.25) is 0 Å². The van der Waals surface area contributed by atoms with Crippen molar-refractivity contribution < 1.29 is 23.8 Å². The maximum atomic E-state index is 13.5. The molecule has 0 saturated carbocycles. The molecule has 0 unspecified atom stereocenters. The molecule has 2 fully saturated rings. The Morgan fingerprint density at radius 2 is 2.27 bits per heavy atom. The number of nitrogens with zero attached hydrogens (tertiary/aromatic N) is 1. The van der Waals surface area contributed by atoms with E-state index in [0.717, 1.165) is 0 Å². The molecule has 0 spiro atoms. The van der Waals surface area contributed by atoms with Crippen molar-refractivity contribution in [3.8, 4) is 0 Å². The van der Waals surface area contributed by atoms with Gasteiger partial charge in [-0.1, -0.05) is 0 Å². The topological polar surface area (TPSA) is 92.7 Å². The van der Waals surface area contributed by atoms with Crippen LogP contribution in [0, 0.1) is 5.82 Å². The Hall–Kier alpha value is -1.61. The predicted molar refractivity (Wildman–Crippen MR) is 91.7 cm³/mol. The summed E-state index contributed by atoms with van der Waals surface area (Å²) in [5, 5.41) is 16.4. The lowest BCUT2D eigenvalue weighted by atomic mass is 10.1. The Balaban J connectivity index is 1.43. The van der Waals surface area contributed by atoms with Crippen LogP contribution in [0.25, 0.3) is 0 Å². The van der Waals surface area contributed by atoms with Gasteiger partial charge in [0.15, 0.2) is 0 Å². The first-order valence-corrected chi connectivity index (χ1v) is 9.01. The Kier molecular flexibility index (Phi) is 6.18. The number of ether oxygens (including phenoxy) is 2. The number of aliphatic hydroxyl groups excluding tert-OH is 1. The summed E-state index contributed by atoms with van der Waals surface area (Å²) in [6.07, 6.45) is 1.50. The lowest BCUT2D eigenvalue weighted by molar-refractivity contribution is -0.125. The number of aromatic nitrogens is 1. The molecule has 0 aromatic carbocycles. The van der Waals surface area contributed by atoms with Crippen LogP contribution < -0.4 is 10.6 Å². The van der Waals surface area contributed by atoms with Crippen molar-refractivity contribution in [3.63, 3.8) is 0 Å². The van der Waals surface area contributed by atoms with E-state index in [-0.39, 0.29) is 36.4 Å². The molecule has 0 radical (unpaired) electrons. The maximum Gasteiger partial charge on any atom is 0.222 e. The van der Waals surface area contributed by atoms with Gasteiger partial charge in [-0.25, -0.2) is 4.39 Å². The number of carbonyl (C=O) groups is 1. The summed E-state index contributed by atoms with van der Waals surface area (Å²) in [7, 11) is 0. The van der Waals surface area contributed by atoms with Gasteiger partial charge in [0.05, 0.1) is 30.9 Å². The minimum Gasteiger partial charge on any atom is -0.388 e. The first-order valence-electron chi connectivity index (χ1n) is 9.01. The zero-order valence-electron chi connectivity index (χ0n) is 15.0. The van der Waals surface area contributed by atoms with Crippen LogP contribution in [-0.4, -0.2) is 59.1 Å². The normalized spacial score (nSPS) is 30.6. The lowest BCUT2D eigenvalue weighted by Crippen LogP contribution is -2.39. The van der Waals surface area contributed by atoms with E-state index in [1.807, 2.05) is 13.8 Å². The Bertz CT molecular complexity index is 630. The van der Waals surface area contributed by atoms with Gasteiger partial charge < -0.3 is 25.2 Å². The molecule has 0 bridgehead atoms. The third kappa shape index (κ3) is 4.56. The molecule has 2 aliphatic heterocycles. The summed E-state index contributed by atoms with van der Waals surface area (Å²) < 4.78 is 25.3. The molecule has 144 valence electrons. The Morgan fingerprint density at radius 3 is 2.96 bits per heavy atom. The van der Waals surface area contributed by atoms with Crippen molar-refractivity contribution in [3.05, 3.63) is 29.8 Å². The molecule has 7 nitrogen and oxygen atoms in total. The number of aliphatic hydroxyl groups is 1. The average molecular weight is 367 g/mol. The van der Waals surface area contributed by atoms with E-state index < -0.39 is 18.3 Å². The minimum absolute atomic E-state index is 0.0583. The van der Waals surface area contributed by atoms with Gasteiger partial charge in [-0.2, -0.15) is 0 Å². The number of hydrogen-bond acceptors (Lipinski definition) is 6. The highest BCUT2D eigenvalue weighted by Crippen LogP contribution is 2.35. The Labute approximate surface area is 152 Å². The SMILES string of the molecule is CC(C)NC(=O)C[C@@H]1C[C@H]2O[C@H](CNCc3ccncc3F)[C@@H](O)[C@H]2O1.